The zero-order valence-electron chi connectivity index (χ0n) is 12.7. The van der Waals surface area contributed by atoms with Crippen LogP contribution in [0, 0.1) is 17.8 Å². The molecule has 0 aromatic heterocycles. The van der Waals surface area contributed by atoms with Crippen LogP contribution in [0.3, 0.4) is 0 Å². The fraction of sp³-hybridized carbons (Fsp3) is 1.00. The average molecular weight is 288 g/mol. The second kappa shape index (κ2) is 5.70. The quantitative estimate of drug-likeness (QED) is 0.799. The Morgan fingerprint density at radius 2 is 1.68 bits per heavy atom. The van der Waals surface area contributed by atoms with Crippen molar-refractivity contribution in [3.63, 3.8) is 0 Å². The van der Waals surface area contributed by atoms with Crippen molar-refractivity contribution in [2.45, 2.75) is 53.0 Å². The molecule has 0 aromatic carbocycles. The normalized spacial score (nSPS) is 35.1. The summed E-state index contributed by atoms with van der Waals surface area (Å²) in [4.78, 5) is 0. The van der Waals surface area contributed by atoms with Gasteiger partial charge in [-0.2, -0.15) is 17.0 Å². The maximum Gasteiger partial charge on any atom is 0.282 e. The molecular weight excluding hydrogens is 260 g/mol. The lowest BCUT2D eigenvalue weighted by Crippen LogP contribution is -2.51. The van der Waals surface area contributed by atoms with Gasteiger partial charge < -0.3 is 0 Å². The summed E-state index contributed by atoms with van der Waals surface area (Å²) in [6.07, 6.45) is 3.15. The molecule has 0 bridgehead atoms. The molecule has 0 amide bonds. The summed E-state index contributed by atoms with van der Waals surface area (Å²) < 4.78 is 29.2. The highest BCUT2D eigenvalue weighted by molar-refractivity contribution is 7.86. The average Bonchev–Trinajstić information content (AvgIpc) is 2.76. The summed E-state index contributed by atoms with van der Waals surface area (Å²) in [5.74, 6) is 1.34. The number of nitrogens with zero attached hydrogens (tertiary/aromatic N) is 2. The molecule has 2 fully saturated rings. The Balaban J connectivity index is 2.17. The molecule has 19 heavy (non-hydrogen) atoms. The van der Waals surface area contributed by atoms with Crippen LogP contribution in [0.15, 0.2) is 0 Å². The largest absolute Gasteiger partial charge is 0.282 e. The van der Waals surface area contributed by atoms with Crippen LogP contribution in [0.2, 0.25) is 0 Å². The van der Waals surface area contributed by atoms with E-state index < -0.39 is 10.2 Å². The molecule has 2 heterocycles. The van der Waals surface area contributed by atoms with E-state index in [1.54, 1.807) is 8.61 Å². The maximum atomic E-state index is 12.8. The molecule has 4 nitrogen and oxygen atoms in total. The van der Waals surface area contributed by atoms with Gasteiger partial charge in [0.05, 0.1) is 0 Å². The molecule has 0 saturated carbocycles. The highest BCUT2D eigenvalue weighted by Gasteiger charge is 2.41. The summed E-state index contributed by atoms with van der Waals surface area (Å²) in [6, 6.07) is 0.192. The van der Waals surface area contributed by atoms with Gasteiger partial charge in [-0.05, 0) is 37.0 Å². The SMILES string of the molecule is CC(C)[C@@H]1CCCN1S(=O)(=O)N1C[C@H](C)C[C@@H](C)C1. The lowest BCUT2D eigenvalue weighted by Gasteiger charge is -2.38. The lowest BCUT2D eigenvalue weighted by atomic mass is 9.94. The Morgan fingerprint density at radius 3 is 2.21 bits per heavy atom. The standard InChI is InChI=1S/C14H28N2O2S/c1-11(2)14-6-5-7-16(14)19(17,18)15-9-12(3)8-13(4)10-15/h11-14H,5-10H2,1-4H3/t12-,13-,14+/m1/s1. The predicted molar refractivity (Wildman–Crippen MR) is 78.0 cm³/mol. The number of piperidine rings is 1. The third-order valence-corrected chi connectivity index (χ3v) is 6.47. The van der Waals surface area contributed by atoms with Gasteiger partial charge in [0.15, 0.2) is 0 Å². The van der Waals surface area contributed by atoms with Crippen molar-refractivity contribution in [2.24, 2.45) is 17.8 Å². The van der Waals surface area contributed by atoms with Gasteiger partial charge in [-0.1, -0.05) is 27.7 Å². The second-order valence-corrected chi connectivity index (χ2v) is 8.72. The van der Waals surface area contributed by atoms with Crippen molar-refractivity contribution in [1.29, 1.82) is 0 Å². The molecule has 0 N–H and O–H groups in total. The highest BCUT2D eigenvalue weighted by Crippen LogP contribution is 2.31. The van der Waals surface area contributed by atoms with E-state index in [4.69, 9.17) is 0 Å². The van der Waals surface area contributed by atoms with E-state index in [0.717, 1.165) is 19.3 Å². The molecule has 2 rings (SSSR count). The van der Waals surface area contributed by atoms with Crippen molar-refractivity contribution in [2.75, 3.05) is 19.6 Å². The molecule has 2 aliphatic rings. The Bertz CT molecular complexity index is 398. The van der Waals surface area contributed by atoms with Crippen LogP contribution < -0.4 is 0 Å². The Morgan fingerprint density at radius 1 is 1.11 bits per heavy atom. The van der Waals surface area contributed by atoms with Crippen molar-refractivity contribution < 1.29 is 8.42 Å². The Kier molecular flexibility index (Phi) is 4.58. The first-order valence-electron chi connectivity index (χ1n) is 7.59. The molecule has 0 aromatic rings. The van der Waals surface area contributed by atoms with Crippen molar-refractivity contribution >= 4 is 10.2 Å². The van der Waals surface area contributed by atoms with E-state index in [1.165, 1.54) is 0 Å². The van der Waals surface area contributed by atoms with E-state index in [0.29, 0.717) is 37.4 Å². The first-order valence-corrected chi connectivity index (χ1v) is 8.99. The van der Waals surface area contributed by atoms with Gasteiger partial charge >= 0.3 is 0 Å². The van der Waals surface area contributed by atoms with Gasteiger partial charge in [0.1, 0.15) is 0 Å². The molecular formula is C14H28N2O2S. The summed E-state index contributed by atoms with van der Waals surface area (Å²) in [6.45, 7) is 10.6. The summed E-state index contributed by atoms with van der Waals surface area (Å²) in [5, 5.41) is 0. The molecule has 0 unspecified atom stereocenters. The van der Waals surface area contributed by atoms with Crippen LogP contribution in [0.5, 0.6) is 0 Å². The highest BCUT2D eigenvalue weighted by atomic mass is 32.2. The third kappa shape index (κ3) is 3.14. The zero-order valence-corrected chi connectivity index (χ0v) is 13.5. The topological polar surface area (TPSA) is 40.6 Å². The lowest BCUT2D eigenvalue weighted by molar-refractivity contribution is 0.201. The van der Waals surface area contributed by atoms with Crippen LogP contribution in [0.1, 0.15) is 47.0 Å². The van der Waals surface area contributed by atoms with E-state index in [1.807, 2.05) is 0 Å². The van der Waals surface area contributed by atoms with Crippen LogP contribution >= 0.6 is 0 Å². The first-order chi connectivity index (χ1) is 8.82. The summed E-state index contributed by atoms with van der Waals surface area (Å²) in [7, 11) is -3.26. The number of hydrogen-bond donors (Lipinski definition) is 0. The zero-order chi connectivity index (χ0) is 14.2. The van der Waals surface area contributed by atoms with Crippen LogP contribution in [0.4, 0.5) is 0 Å². The van der Waals surface area contributed by atoms with Crippen LogP contribution in [-0.2, 0) is 10.2 Å². The summed E-state index contributed by atoms with van der Waals surface area (Å²) in [5.41, 5.74) is 0. The van der Waals surface area contributed by atoms with Gasteiger partial charge in [0.25, 0.3) is 10.2 Å². The Labute approximate surface area is 118 Å². The number of rotatable bonds is 3. The van der Waals surface area contributed by atoms with Gasteiger partial charge in [-0.25, -0.2) is 0 Å². The Hall–Kier alpha value is -0.130. The van der Waals surface area contributed by atoms with Crippen molar-refractivity contribution in [3.05, 3.63) is 0 Å². The van der Waals surface area contributed by atoms with E-state index >= 15 is 0 Å². The molecule has 2 aliphatic heterocycles. The van der Waals surface area contributed by atoms with Gasteiger partial charge in [0, 0.05) is 25.7 Å². The molecule has 112 valence electrons. The molecule has 3 atom stereocenters. The summed E-state index contributed by atoms with van der Waals surface area (Å²) >= 11 is 0. The maximum absolute atomic E-state index is 12.8. The van der Waals surface area contributed by atoms with Crippen LogP contribution in [-0.4, -0.2) is 42.7 Å². The minimum Gasteiger partial charge on any atom is -0.195 e. The second-order valence-electron chi connectivity index (χ2n) is 6.84. The first kappa shape index (κ1) is 15.3. The number of hydrogen-bond acceptors (Lipinski definition) is 2. The molecule has 2 saturated heterocycles. The van der Waals surface area contributed by atoms with Crippen LogP contribution in [0.25, 0.3) is 0 Å². The van der Waals surface area contributed by atoms with Gasteiger partial charge in [-0.3, -0.25) is 0 Å². The monoisotopic (exact) mass is 288 g/mol. The van der Waals surface area contributed by atoms with Gasteiger partial charge in [-0.15, -0.1) is 0 Å². The third-order valence-electron chi connectivity index (χ3n) is 4.48. The molecule has 0 aliphatic carbocycles. The van der Waals surface area contributed by atoms with E-state index in [9.17, 15) is 8.42 Å². The van der Waals surface area contributed by atoms with Crippen molar-refractivity contribution in [1.82, 2.24) is 8.61 Å². The molecule has 5 heteroatoms. The predicted octanol–water partition coefficient (Wildman–Crippen LogP) is 2.33. The minimum atomic E-state index is -3.26. The molecule has 0 radical (unpaired) electrons. The van der Waals surface area contributed by atoms with Gasteiger partial charge in [0.2, 0.25) is 0 Å². The minimum absolute atomic E-state index is 0.192. The van der Waals surface area contributed by atoms with E-state index in [-0.39, 0.29) is 6.04 Å². The van der Waals surface area contributed by atoms with Crippen molar-refractivity contribution in [3.8, 4) is 0 Å². The fourth-order valence-electron chi connectivity index (χ4n) is 3.66. The van der Waals surface area contributed by atoms with E-state index in [2.05, 4.69) is 27.7 Å². The molecule has 0 spiro atoms. The smallest absolute Gasteiger partial charge is 0.195 e. The fourth-order valence-corrected chi connectivity index (χ4v) is 5.89.